The number of rotatable bonds is 5. The van der Waals surface area contributed by atoms with Crippen molar-refractivity contribution in [3.63, 3.8) is 0 Å². The first kappa shape index (κ1) is 14.4. The quantitative estimate of drug-likeness (QED) is 0.643. The van der Waals surface area contributed by atoms with Gasteiger partial charge in [0.2, 0.25) is 0 Å². The number of fused-ring (bicyclic) bond motifs is 1. The van der Waals surface area contributed by atoms with E-state index in [1.54, 1.807) is 0 Å². The highest BCUT2D eigenvalue weighted by atomic mass is 32.2. The van der Waals surface area contributed by atoms with Gasteiger partial charge in [-0.15, -0.1) is 0 Å². The molecule has 0 amide bonds. The number of nitrogens with zero attached hydrogens (tertiary/aromatic N) is 2. The molecule has 0 unspecified atom stereocenters. The number of aromatic nitrogens is 2. The summed E-state index contributed by atoms with van der Waals surface area (Å²) in [6, 6.07) is 0. The number of nitrogens with one attached hydrogen (secondary N) is 1. The number of hydrogen-bond donors (Lipinski definition) is 2. The SMILES string of the molecule is CCS[C@H](C)C[C@@H]1C/C(=N\O)c2c(CC)n[nH]c2C1. The summed E-state index contributed by atoms with van der Waals surface area (Å²) in [6.45, 7) is 6.56. The Kier molecular flexibility index (Phi) is 4.91. The van der Waals surface area contributed by atoms with Crippen LogP contribution in [0, 0.1) is 5.92 Å². The van der Waals surface area contributed by atoms with Crippen molar-refractivity contribution in [2.24, 2.45) is 11.1 Å². The number of hydrogen-bond acceptors (Lipinski definition) is 4. The smallest absolute Gasteiger partial charge is 0.0907 e. The summed E-state index contributed by atoms with van der Waals surface area (Å²) >= 11 is 2.00. The lowest BCUT2D eigenvalue weighted by Gasteiger charge is -2.25. The van der Waals surface area contributed by atoms with Crippen LogP contribution in [0.15, 0.2) is 5.16 Å². The molecule has 4 nitrogen and oxygen atoms in total. The van der Waals surface area contributed by atoms with Crippen LogP contribution in [0.1, 0.15) is 50.6 Å². The van der Waals surface area contributed by atoms with Gasteiger partial charge in [0.15, 0.2) is 0 Å². The lowest BCUT2D eigenvalue weighted by atomic mass is 9.82. The molecule has 0 saturated heterocycles. The van der Waals surface area contributed by atoms with E-state index in [9.17, 15) is 5.21 Å². The zero-order valence-electron chi connectivity index (χ0n) is 11.9. The van der Waals surface area contributed by atoms with E-state index in [2.05, 4.69) is 36.1 Å². The van der Waals surface area contributed by atoms with Crippen LogP contribution in [0.3, 0.4) is 0 Å². The predicted molar refractivity (Wildman–Crippen MR) is 80.3 cm³/mol. The van der Waals surface area contributed by atoms with Crippen LogP contribution in [-0.4, -0.2) is 32.1 Å². The first-order chi connectivity index (χ1) is 9.19. The third-order valence-electron chi connectivity index (χ3n) is 3.75. The Morgan fingerprint density at radius 2 is 2.26 bits per heavy atom. The van der Waals surface area contributed by atoms with Gasteiger partial charge in [-0.2, -0.15) is 16.9 Å². The van der Waals surface area contributed by atoms with E-state index in [-0.39, 0.29) is 0 Å². The third kappa shape index (κ3) is 3.14. The van der Waals surface area contributed by atoms with E-state index in [0.717, 1.165) is 54.1 Å². The van der Waals surface area contributed by atoms with Crippen molar-refractivity contribution < 1.29 is 5.21 Å². The molecule has 0 bridgehead atoms. The second-order valence-corrected chi connectivity index (χ2v) is 6.92. The van der Waals surface area contributed by atoms with Crippen molar-refractivity contribution in [3.8, 4) is 0 Å². The van der Waals surface area contributed by atoms with E-state index in [0.29, 0.717) is 11.2 Å². The number of oxime groups is 1. The molecule has 5 heteroatoms. The fourth-order valence-electron chi connectivity index (χ4n) is 2.98. The van der Waals surface area contributed by atoms with Crippen molar-refractivity contribution in [1.82, 2.24) is 10.2 Å². The summed E-state index contributed by atoms with van der Waals surface area (Å²) in [7, 11) is 0. The van der Waals surface area contributed by atoms with Gasteiger partial charge in [0.05, 0.1) is 11.4 Å². The van der Waals surface area contributed by atoms with Crippen LogP contribution in [0.2, 0.25) is 0 Å². The number of aromatic amines is 1. The first-order valence-electron chi connectivity index (χ1n) is 7.08. The molecule has 1 aromatic rings. The van der Waals surface area contributed by atoms with Crippen LogP contribution in [0.5, 0.6) is 0 Å². The zero-order chi connectivity index (χ0) is 13.8. The van der Waals surface area contributed by atoms with E-state index in [1.807, 2.05) is 11.8 Å². The van der Waals surface area contributed by atoms with Gasteiger partial charge in [-0.05, 0) is 37.4 Å². The molecule has 0 saturated carbocycles. The molecule has 0 fully saturated rings. The minimum absolute atomic E-state index is 0.553. The summed E-state index contributed by atoms with van der Waals surface area (Å²) in [5.74, 6) is 1.71. The van der Waals surface area contributed by atoms with Crippen molar-refractivity contribution in [3.05, 3.63) is 17.0 Å². The molecule has 0 spiro atoms. The standard InChI is InChI=1S/C14H23N3OS/c1-4-11-14-12(16-15-11)7-10(8-13(14)17-18)6-9(3)19-5-2/h9-10,18H,4-8H2,1-3H3,(H,15,16)/b17-13+/t9-,10+/m1/s1. The molecular formula is C14H23N3OS. The lowest BCUT2D eigenvalue weighted by Crippen LogP contribution is -2.23. The third-order valence-corrected chi connectivity index (χ3v) is 4.85. The predicted octanol–water partition coefficient (Wildman–Crippen LogP) is 3.24. The van der Waals surface area contributed by atoms with Crippen LogP contribution in [0.4, 0.5) is 0 Å². The highest BCUT2D eigenvalue weighted by Gasteiger charge is 2.29. The fourth-order valence-corrected chi connectivity index (χ4v) is 3.96. The molecule has 2 atom stereocenters. The minimum Gasteiger partial charge on any atom is -0.411 e. The molecular weight excluding hydrogens is 258 g/mol. The van der Waals surface area contributed by atoms with Crippen molar-refractivity contribution >= 4 is 17.5 Å². The Morgan fingerprint density at radius 3 is 2.89 bits per heavy atom. The van der Waals surface area contributed by atoms with Crippen molar-refractivity contribution in [2.75, 3.05) is 5.75 Å². The summed E-state index contributed by atoms with van der Waals surface area (Å²) in [5, 5.41) is 20.9. The molecule has 2 N–H and O–H groups in total. The number of aryl methyl sites for hydroxylation is 1. The van der Waals surface area contributed by atoms with Gasteiger partial charge in [0.1, 0.15) is 0 Å². The Hall–Kier alpha value is -0.970. The molecule has 0 aliphatic heterocycles. The maximum atomic E-state index is 9.27. The molecule has 0 aromatic carbocycles. The van der Waals surface area contributed by atoms with Gasteiger partial charge in [-0.3, -0.25) is 5.10 Å². The summed E-state index contributed by atoms with van der Waals surface area (Å²) in [6.07, 6.45) is 3.93. The van der Waals surface area contributed by atoms with Crippen molar-refractivity contribution in [2.45, 2.75) is 51.7 Å². The number of thioether (sulfide) groups is 1. The second-order valence-electron chi connectivity index (χ2n) is 5.20. The maximum Gasteiger partial charge on any atom is 0.0907 e. The first-order valence-corrected chi connectivity index (χ1v) is 8.13. The minimum atomic E-state index is 0.553. The van der Waals surface area contributed by atoms with Gasteiger partial charge in [-0.1, -0.05) is 25.9 Å². The normalized spacial score (nSPS) is 22.5. The maximum absolute atomic E-state index is 9.27. The van der Waals surface area contributed by atoms with Gasteiger partial charge in [-0.25, -0.2) is 0 Å². The second kappa shape index (κ2) is 6.46. The summed E-state index contributed by atoms with van der Waals surface area (Å²) < 4.78 is 0. The zero-order valence-corrected chi connectivity index (χ0v) is 12.8. The van der Waals surface area contributed by atoms with E-state index < -0.39 is 0 Å². The molecule has 1 aliphatic carbocycles. The Morgan fingerprint density at radius 1 is 1.47 bits per heavy atom. The summed E-state index contributed by atoms with van der Waals surface area (Å²) in [5.41, 5.74) is 4.05. The lowest BCUT2D eigenvalue weighted by molar-refractivity contribution is 0.314. The Labute approximate surface area is 119 Å². The molecule has 1 aliphatic rings. The van der Waals surface area contributed by atoms with E-state index in [1.165, 1.54) is 0 Å². The fraction of sp³-hybridized carbons (Fsp3) is 0.714. The van der Waals surface area contributed by atoms with Gasteiger partial charge >= 0.3 is 0 Å². The number of H-pyrrole nitrogens is 1. The average Bonchev–Trinajstić information content (AvgIpc) is 2.81. The molecule has 106 valence electrons. The van der Waals surface area contributed by atoms with Gasteiger partial charge in [0, 0.05) is 16.5 Å². The monoisotopic (exact) mass is 281 g/mol. The average molecular weight is 281 g/mol. The largest absolute Gasteiger partial charge is 0.411 e. The molecule has 1 heterocycles. The molecule has 2 rings (SSSR count). The molecule has 1 aromatic heterocycles. The van der Waals surface area contributed by atoms with Crippen LogP contribution >= 0.6 is 11.8 Å². The van der Waals surface area contributed by atoms with Crippen LogP contribution < -0.4 is 0 Å². The van der Waals surface area contributed by atoms with E-state index in [4.69, 9.17) is 0 Å². The highest BCUT2D eigenvalue weighted by Crippen LogP contribution is 2.32. The van der Waals surface area contributed by atoms with Crippen molar-refractivity contribution in [1.29, 1.82) is 0 Å². The topological polar surface area (TPSA) is 61.3 Å². The Balaban J connectivity index is 2.14. The molecule has 0 radical (unpaired) electrons. The highest BCUT2D eigenvalue weighted by molar-refractivity contribution is 7.99. The van der Waals surface area contributed by atoms with Gasteiger partial charge < -0.3 is 5.21 Å². The molecule has 19 heavy (non-hydrogen) atoms. The van der Waals surface area contributed by atoms with Gasteiger partial charge in [0.25, 0.3) is 0 Å². The van der Waals surface area contributed by atoms with E-state index >= 15 is 0 Å². The Bertz CT molecular complexity index is 456. The van der Waals surface area contributed by atoms with Crippen LogP contribution in [0.25, 0.3) is 0 Å². The van der Waals surface area contributed by atoms with Crippen LogP contribution in [-0.2, 0) is 12.8 Å². The summed E-state index contributed by atoms with van der Waals surface area (Å²) in [4.78, 5) is 0.